The molecule has 1 aromatic carbocycles. The fourth-order valence-corrected chi connectivity index (χ4v) is 1.43. The Labute approximate surface area is 95.0 Å². The molecule has 0 spiro atoms. The first-order valence-corrected chi connectivity index (χ1v) is 5.45. The second-order valence-electron chi connectivity index (χ2n) is 3.94. The van der Waals surface area contributed by atoms with E-state index in [0.717, 1.165) is 11.4 Å². The Morgan fingerprint density at radius 1 is 1.50 bits per heavy atom. The van der Waals surface area contributed by atoms with Crippen LogP contribution in [0.15, 0.2) is 24.3 Å². The molecule has 0 heterocycles. The zero-order valence-corrected chi connectivity index (χ0v) is 9.32. The van der Waals surface area contributed by atoms with Gasteiger partial charge >= 0.3 is 0 Å². The third kappa shape index (κ3) is 3.24. The molecule has 1 fully saturated rings. The van der Waals surface area contributed by atoms with Crippen molar-refractivity contribution in [1.29, 1.82) is 0 Å². The topological polar surface area (TPSA) is 50.4 Å². The molecule has 1 aliphatic carbocycles. The van der Waals surface area contributed by atoms with Gasteiger partial charge in [-0.1, -0.05) is 6.07 Å². The molecule has 0 aromatic heterocycles. The molecule has 1 saturated carbocycles. The Balaban J connectivity index is 1.83. The minimum absolute atomic E-state index is 0.0137. The predicted octanol–water partition coefficient (Wildman–Crippen LogP) is 1.39. The van der Waals surface area contributed by atoms with Crippen LogP contribution in [0.1, 0.15) is 12.8 Å². The van der Waals surface area contributed by atoms with Crippen molar-refractivity contribution in [3.63, 3.8) is 0 Å². The summed E-state index contributed by atoms with van der Waals surface area (Å²) in [6.07, 6.45) is 2.37. The highest BCUT2D eigenvalue weighted by Crippen LogP contribution is 2.18. The normalized spacial score (nSPS) is 14.6. The van der Waals surface area contributed by atoms with Gasteiger partial charge in [-0.2, -0.15) is 0 Å². The zero-order valence-electron chi connectivity index (χ0n) is 9.32. The molecule has 86 valence electrons. The molecule has 0 aliphatic heterocycles. The van der Waals surface area contributed by atoms with Crippen LogP contribution in [0, 0.1) is 0 Å². The van der Waals surface area contributed by atoms with Gasteiger partial charge < -0.3 is 15.4 Å². The van der Waals surface area contributed by atoms with Gasteiger partial charge in [0.1, 0.15) is 5.75 Å². The van der Waals surface area contributed by atoms with Crippen LogP contribution in [-0.4, -0.2) is 25.6 Å². The van der Waals surface area contributed by atoms with Crippen molar-refractivity contribution in [3.8, 4) is 5.75 Å². The molecular weight excluding hydrogens is 204 g/mol. The highest BCUT2D eigenvalue weighted by molar-refractivity contribution is 5.92. The SMILES string of the molecule is COc1cccc(NC(=O)CNC2CC2)c1. The van der Waals surface area contributed by atoms with Crippen molar-refractivity contribution >= 4 is 11.6 Å². The lowest BCUT2D eigenvalue weighted by molar-refractivity contribution is -0.115. The number of anilines is 1. The average molecular weight is 220 g/mol. The van der Waals surface area contributed by atoms with Gasteiger partial charge in [0.15, 0.2) is 0 Å². The molecule has 1 amide bonds. The number of nitrogens with one attached hydrogen (secondary N) is 2. The maximum atomic E-state index is 11.5. The molecule has 2 N–H and O–H groups in total. The van der Waals surface area contributed by atoms with Crippen molar-refractivity contribution in [1.82, 2.24) is 5.32 Å². The van der Waals surface area contributed by atoms with Crippen molar-refractivity contribution in [2.75, 3.05) is 19.0 Å². The number of carbonyl (C=O) groups is 1. The maximum absolute atomic E-state index is 11.5. The summed E-state index contributed by atoms with van der Waals surface area (Å²) < 4.78 is 5.08. The van der Waals surface area contributed by atoms with E-state index in [1.165, 1.54) is 12.8 Å². The summed E-state index contributed by atoms with van der Waals surface area (Å²) in [5.41, 5.74) is 0.766. The summed E-state index contributed by atoms with van der Waals surface area (Å²) in [6, 6.07) is 7.89. The average Bonchev–Trinajstić information content (AvgIpc) is 3.10. The van der Waals surface area contributed by atoms with Crippen molar-refractivity contribution in [2.45, 2.75) is 18.9 Å². The van der Waals surface area contributed by atoms with Gasteiger partial charge in [0.2, 0.25) is 5.91 Å². The number of hydrogen-bond acceptors (Lipinski definition) is 3. The smallest absolute Gasteiger partial charge is 0.238 e. The first-order valence-electron chi connectivity index (χ1n) is 5.45. The zero-order chi connectivity index (χ0) is 11.4. The van der Waals surface area contributed by atoms with E-state index in [1.54, 1.807) is 13.2 Å². The lowest BCUT2D eigenvalue weighted by Gasteiger charge is -2.07. The van der Waals surface area contributed by atoms with E-state index in [2.05, 4.69) is 10.6 Å². The standard InChI is InChI=1S/C12H16N2O2/c1-16-11-4-2-3-10(7-11)14-12(15)8-13-9-5-6-9/h2-4,7,9,13H,5-6,8H2,1H3,(H,14,15). The molecule has 2 rings (SSSR count). The number of amides is 1. The summed E-state index contributed by atoms with van der Waals surface area (Å²) in [4.78, 5) is 11.5. The van der Waals surface area contributed by atoms with Crippen LogP contribution in [0.2, 0.25) is 0 Å². The van der Waals surface area contributed by atoms with Crippen LogP contribution < -0.4 is 15.4 Å². The fraction of sp³-hybridized carbons (Fsp3) is 0.417. The van der Waals surface area contributed by atoms with Crippen LogP contribution in [0.4, 0.5) is 5.69 Å². The van der Waals surface area contributed by atoms with Gasteiger partial charge in [0, 0.05) is 17.8 Å². The molecular formula is C12H16N2O2. The van der Waals surface area contributed by atoms with Crippen LogP contribution in [0.5, 0.6) is 5.75 Å². The van der Waals surface area contributed by atoms with E-state index < -0.39 is 0 Å². The van der Waals surface area contributed by atoms with E-state index in [1.807, 2.05) is 18.2 Å². The van der Waals surface area contributed by atoms with Gasteiger partial charge in [-0.3, -0.25) is 4.79 Å². The lowest BCUT2D eigenvalue weighted by Crippen LogP contribution is -2.29. The van der Waals surface area contributed by atoms with Crippen molar-refractivity contribution in [2.24, 2.45) is 0 Å². The number of benzene rings is 1. The molecule has 0 bridgehead atoms. The lowest BCUT2D eigenvalue weighted by atomic mass is 10.3. The van der Waals surface area contributed by atoms with E-state index in [0.29, 0.717) is 12.6 Å². The third-order valence-electron chi connectivity index (χ3n) is 2.48. The highest BCUT2D eigenvalue weighted by Gasteiger charge is 2.21. The minimum atomic E-state index is -0.0137. The summed E-state index contributed by atoms with van der Waals surface area (Å²) in [7, 11) is 1.61. The third-order valence-corrected chi connectivity index (χ3v) is 2.48. The predicted molar refractivity (Wildman–Crippen MR) is 62.6 cm³/mol. The number of ether oxygens (including phenoxy) is 1. The van der Waals surface area contributed by atoms with Crippen LogP contribution in [0.25, 0.3) is 0 Å². The second kappa shape index (κ2) is 4.99. The summed E-state index contributed by atoms with van der Waals surface area (Å²) in [5.74, 6) is 0.730. The highest BCUT2D eigenvalue weighted by atomic mass is 16.5. The fourth-order valence-electron chi connectivity index (χ4n) is 1.43. The Bertz CT molecular complexity index is 375. The van der Waals surface area contributed by atoms with E-state index >= 15 is 0 Å². The Morgan fingerprint density at radius 3 is 3.00 bits per heavy atom. The first kappa shape index (κ1) is 11.0. The number of methoxy groups -OCH3 is 1. The van der Waals surface area contributed by atoms with E-state index in [9.17, 15) is 4.79 Å². The number of rotatable bonds is 5. The van der Waals surface area contributed by atoms with E-state index in [4.69, 9.17) is 4.74 Å². The molecule has 0 radical (unpaired) electrons. The molecule has 1 aromatic rings. The summed E-state index contributed by atoms with van der Waals surface area (Å²) >= 11 is 0. The Kier molecular flexibility index (Phi) is 3.41. The molecule has 16 heavy (non-hydrogen) atoms. The van der Waals surface area contributed by atoms with Crippen LogP contribution >= 0.6 is 0 Å². The summed E-state index contributed by atoms with van der Waals surface area (Å²) in [5, 5.41) is 5.98. The molecule has 4 nitrogen and oxygen atoms in total. The van der Waals surface area contributed by atoms with Gasteiger partial charge in [0.25, 0.3) is 0 Å². The van der Waals surface area contributed by atoms with Crippen LogP contribution in [0.3, 0.4) is 0 Å². The Morgan fingerprint density at radius 2 is 2.31 bits per heavy atom. The molecule has 0 saturated heterocycles. The molecule has 0 atom stereocenters. The first-order chi connectivity index (χ1) is 7.78. The quantitative estimate of drug-likeness (QED) is 0.788. The number of hydrogen-bond donors (Lipinski definition) is 2. The van der Waals surface area contributed by atoms with Gasteiger partial charge in [0.05, 0.1) is 13.7 Å². The second-order valence-corrected chi connectivity index (χ2v) is 3.94. The largest absolute Gasteiger partial charge is 0.497 e. The Hall–Kier alpha value is -1.55. The monoisotopic (exact) mass is 220 g/mol. The molecule has 0 unspecified atom stereocenters. The summed E-state index contributed by atoms with van der Waals surface area (Å²) in [6.45, 7) is 0.377. The van der Waals surface area contributed by atoms with E-state index in [-0.39, 0.29) is 5.91 Å². The van der Waals surface area contributed by atoms with Gasteiger partial charge in [-0.05, 0) is 25.0 Å². The van der Waals surface area contributed by atoms with Gasteiger partial charge in [-0.15, -0.1) is 0 Å². The van der Waals surface area contributed by atoms with Crippen molar-refractivity contribution < 1.29 is 9.53 Å². The maximum Gasteiger partial charge on any atom is 0.238 e. The van der Waals surface area contributed by atoms with Crippen molar-refractivity contribution in [3.05, 3.63) is 24.3 Å². The molecule has 1 aliphatic rings. The van der Waals surface area contributed by atoms with Crippen LogP contribution in [-0.2, 0) is 4.79 Å². The number of carbonyl (C=O) groups excluding carboxylic acids is 1. The van der Waals surface area contributed by atoms with Gasteiger partial charge in [-0.25, -0.2) is 0 Å². The molecule has 4 heteroatoms. The minimum Gasteiger partial charge on any atom is -0.497 e.